The van der Waals surface area contributed by atoms with Crippen molar-refractivity contribution < 1.29 is 8.42 Å². The molecule has 0 aliphatic carbocycles. The van der Waals surface area contributed by atoms with E-state index in [-0.39, 0.29) is 9.88 Å². The Morgan fingerprint density at radius 2 is 2.00 bits per heavy atom. The molecule has 0 unspecified atom stereocenters. The Balaban J connectivity index is 3.16. The summed E-state index contributed by atoms with van der Waals surface area (Å²) in [7, 11) is -1.95. The highest BCUT2D eigenvalue weighted by atomic mass is 32.2. The monoisotopic (exact) mass is 286 g/mol. The Kier molecular flexibility index (Phi) is 5.25. The molecule has 1 aromatic carbocycles. The van der Waals surface area contributed by atoms with Gasteiger partial charge in [0.05, 0.1) is 4.90 Å². The fraction of sp³-hybridized carbons (Fsp3) is 0.417. The number of benzene rings is 1. The van der Waals surface area contributed by atoms with Crippen molar-refractivity contribution in [2.75, 3.05) is 13.6 Å². The summed E-state index contributed by atoms with van der Waals surface area (Å²) in [4.78, 5) is 0.272. The van der Waals surface area contributed by atoms with Gasteiger partial charge in [0.1, 0.15) is 4.99 Å². The van der Waals surface area contributed by atoms with Gasteiger partial charge in [0, 0.05) is 19.2 Å². The topological polar surface area (TPSA) is 63.4 Å². The lowest BCUT2D eigenvalue weighted by Crippen LogP contribution is -2.29. The van der Waals surface area contributed by atoms with Crippen LogP contribution in [-0.4, -0.2) is 31.3 Å². The summed E-state index contributed by atoms with van der Waals surface area (Å²) in [5.41, 5.74) is 5.96. The van der Waals surface area contributed by atoms with Crippen LogP contribution in [0.25, 0.3) is 0 Å². The summed E-state index contributed by atoms with van der Waals surface area (Å²) in [5, 5.41) is 0. The molecule has 6 heteroatoms. The zero-order valence-corrected chi connectivity index (χ0v) is 12.2. The van der Waals surface area contributed by atoms with E-state index in [1.807, 2.05) is 6.92 Å². The number of nitrogens with two attached hydrogens (primary N) is 1. The van der Waals surface area contributed by atoms with Crippen molar-refractivity contribution in [3.8, 4) is 0 Å². The summed E-state index contributed by atoms with van der Waals surface area (Å²) in [6.07, 6.45) is 1.77. The molecule has 2 N–H and O–H groups in total. The molecular weight excluding hydrogens is 268 g/mol. The third-order valence-corrected chi connectivity index (χ3v) is 4.80. The second kappa shape index (κ2) is 6.26. The van der Waals surface area contributed by atoms with Gasteiger partial charge in [0.25, 0.3) is 0 Å². The van der Waals surface area contributed by atoms with E-state index in [0.717, 1.165) is 12.8 Å². The van der Waals surface area contributed by atoms with E-state index in [2.05, 4.69) is 0 Å². The third-order valence-electron chi connectivity index (χ3n) is 2.67. The van der Waals surface area contributed by atoms with E-state index < -0.39 is 10.0 Å². The summed E-state index contributed by atoms with van der Waals surface area (Å²) < 4.78 is 26.1. The average Bonchev–Trinajstić information content (AvgIpc) is 2.35. The number of thiocarbonyl (C=S) groups is 1. The lowest BCUT2D eigenvalue weighted by atomic mass is 10.2. The minimum absolute atomic E-state index is 0.0954. The molecule has 0 saturated carbocycles. The molecule has 0 aromatic heterocycles. The zero-order chi connectivity index (χ0) is 13.8. The molecule has 0 heterocycles. The van der Waals surface area contributed by atoms with Gasteiger partial charge in [0.15, 0.2) is 0 Å². The standard InChI is InChI=1S/C12H18N2O2S2/c1-3-4-9-14(2)18(15,16)11-8-6-5-7-10(11)12(13)17/h5-8H,3-4,9H2,1-2H3,(H2,13,17). The number of hydrogen-bond acceptors (Lipinski definition) is 3. The van der Waals surface area contributed by atoms with Gasteiger partial charge in [-0.25, -0.2) is 12.7 Å². The van der Waals surface area contributed by atoms with Crippen molar-refractivity contribution in [3.05, 3.63) is 29.8 Å². The van der Waals surface area contributed by atoms with E-state index in [1.165, 1.54) is 10.4 Å². The molecule has 0 aliphatic rings. The highest BCUT2D eigenvalue weighted by Crippen LogP contribution is 2.19. The second-order valence-electron chi connectivity index (χ2n) is 4.04. The highest BCUT2D eigenvalue weighted by Gasteiger charge is 2.23. The quantitative estimate of drug-likeness (QED) is 0.809. The fourth-order valence-corrected chi connectivity index (χ4v) is 3.22. The van der Waals surface area contributed by atoms with Crippen molar-refractivity contribution in [1.82, 2.24) is 4.31 Å². The SMILES string of the molecule is CCCCN(C)S(=O)(=O)c1ccccc1C(N)=S. The highest BCUT2D eigenvalue weighted by molar-refractivity contribution is 7.89. The molecule has 0 aliphatic heterocycles. The smallest absolute Gasteiger partial charge is 0.243 e. The van der Waals surface area contributed by atoms with E-state index in [4.69, 9.17) is 18.0 Å². The van der Waals surface area contributed by atoms with Crippen LogP contribution in [0.3, 0.4) is 0 Å². The molecular formula is C12H18N2O2S2. The largest absolute Gasteiger partial charge is 0.389 e. The lowest BCUT2D eigenvalue weighted by molar-refractivity contribution is 0.459. The Hall–Kier alpha value is -0.980. The minimum atomic E-state index is -3.52. The molecule has 100 valence electrons. The molecule has 0 fully saturated rings. The van der Waals surface area contributed by atoms with Crippen LogP contribution in [0.5, 0.6) is 0 Å². The van der Waals surface area contributed by atoms with Crippen LogP contribution < -0.4 is 5.73 Å². The van der Waals surface area contributed by atoms with Crippen molar-refractivity contribution in [2.45, 2.75) is 24.7 Å². The first-order valence-electron chi connectivity index (χ1n) is 5.76. The van der Waals surface area contributed by atoms with Crippen LogP contribution in [0, 0.1) is 0 Å². The van der Waals surface area contributed by atoms with Crippen molar-refractivity contribution in [2.24, 2.45) is 5.73 Å². The summed E-state index contributed by atoms with van der Waals surface area (Å²) in [5.74, 6) is 0. The Morgan fingerprint density at radius 1 is 1.39 bits per heavy atom. The van der Waals surface area contributed by atoms with E-state index in [9.17, 15) is 8.42 Å². The molecule has 0 spiro atoms. The molecule has 0 radical (unpaired) electrons. The first-order chi connectivity index (χ1) is 8.41. The molecule has 1 rings (SSSR count). The number of sulfonamides is 1. The maximum Gasteiger partial charge on any atom is 0.243 e. The van der Waals surface area contributed by atoms with Gasteiger partial charge in [-0.05, 0) is 12.5 Å². The van der Waals surface area contributed by atoms with Gasteiger partial charge >= 0.3 is 0 Å². The first kappa shape index (κ1) is 15.1. The molecule has 4 nitrogen and oxygen atoms in total. The Labute approximate surface area is 114 Å². The van der Waals surface area contributed by atoms with E-state index >= 15 is 0 Å². The Morgan fingerprint density at radius 3 is 2.56 bits per heavy atom. The first-order valence-corrected chi connectivity index (χ1v) is 7.61. The summed E-state index contributed by atoms with van der Waals surface area (Å²) >= 11 is 4.89. The van der Waals surface area contributed by atoms with Crippen LogP contribution in [0.1, 0.15) is 25.3 Å². The second-order valence-corrected chi connectivity index (χ2v) is 6.49. The number of hydrogen-bond donors (Lipinski definition) is 1. The average molecular weight is 286 g/mol. The normalized spacial score (nSPS) is 11.7. The van der Waals surface area contributed by atoms with Crippen molar-refractivity contribution >= 4 is 27.2 Å². The molecule has 1 aromatic rings. The summed E-state index contributed by atoms with van der Waals surface area (Å²) in [6, 6.07) is 6.55. The van der Waals surface area contributed by atoms with Gasteiger partial charge in [-0.3, -0.25) is 0 Å². The zero-order valence-electron chi connectivity index (χ0n) is 10.6. The van der Waals surface area contributed by atoms with Crippen LogP contribution >= 0.6 is 12.2 Å². The maximum atomic E-state index is 12.4. The molecule has 0 bridgehead atoms. The van der Waals surface area contributed by atoms with Gasteiger partial charge in [-0.15, -0.1) is 0 Å². The minimum Gasteiger partial charge on any atom is -0.389 e. The molecule has 0 saturated heterocycles. The fourth-order valence-electron chi connectivity index (χ4n) is 1.56. The third kappa shape index (κ3) is 3.28. The predicted molar refractivity (Wildman–Crippen MR) is 77.1 cm³/mol. The van der Waals surface area contributed by atoms with Gasteiger partial charge in [-0.2, -0.15) is 0 Å². The van der Waals surface area contributed by atoms with Crippen LogP contribution in [0.4, 0.5) is 0 Å². The molecule has 0 atom stereocenters. The number of nitrogens with zero attached hydrogens (tertiary/aromatic N) is 1. The van der Waals surface area contributed by atoms with Crippen LogP contribution in [0.2, 0.25) is 0 Å². The van der Waals surface area contributed by atoms with E-state index in [0.29, 0.717) is 12.1 Å². The van der Waals surface area contributed by atoms with Crippen molar-refractivity contribution in [1.29, 1.82) is 0 Å². The Bertz CT molecular complexity index is 527. The van der Waals surface area contributed by atoms with Gasteiger partial charge in [0.2, 0.25) is 10.0 Å². The molecule has 0 amide bonds. The van der Waals surface area contributed by atoms with Gasteiger partial charge in [-0.1, -0.05) is 43.8 Å². The summed E-state index contributed by atoms with van der Waals surface area (Å²) in [6.45, 7) is 2.51. The van der Waals surface area contributed by atoms with E-state index in [1.54, 1.807) is 25.2 Å². The van der Waals surface area contributed by atoms with Crippen LogP contribution in [-0.2, 0) is 10.0 Å². The maximum absolute atomic E-state index is 12.4. The number of unbranched alkanes of at least 4 members (excludes halogenated alkanes) is 1. The van der Waals surface area contributed by atoms with Crippen molar-refractivity contribution in [3.63, 3.8) is 0 Å². The van der Waals surface area contributed by atoms with Crippen LogP contribution in [0.15, 0.2) is 29.2 Å². The molecule has 18 heavy (non-hydrogen) atoms. The lowest BCUT2D eigenvalue weighted by Gasteiger charge is -2.18. The predicted octanol–water partition coefficient (Wildman–Crippen LogP) is 1.74. The van der Waals surface area contributed by atoms with Gasteiger partial charge < -0.3 is 5.73 Å². The number of rotatable bonds is 6.